The van der Waals surface area contributed by atoms with Gasteiger partial charge in [-0.2, -0.15) is 0 Å². The molecular weight excluding hydrogens is 218 g/mol. The van der Waals surface area contributed by atoms with Crippen molar-refractivity contribution in [3.05, 3.63) is 30.3 Å². The summed E-state index contributed by atoms with van der Waals surface area (Å²) in [4.78, 5) is 11.5. The maximum Gasteiger partial charge on any atom is 0.514 e. The molecule has 1 aliphatic rings. The van der Waals surface area contributed by atoms with Crippen LogP contribution in [0.4, 0.5) is 4.79 Å². The predicted octanol–water partition coefficient (Wildman–Crippen LogP) is 2.47. The summed E-state index contributed by atoms with van der Waals surface area (Å²) in [6.07, 6.45) is 2.78. The Bertz CT molecular complexity index is 358. The second kappa shape index (κ2) is 5.68. The number of para-hydroxylation sites is 1. The molecule has 4 nitrogen and oxygen atoms in total. The van der Waals surface area contributed by atoms with Crippen molar-refractivity contribution in [1.29, 1.82) is 0 Å². The van der Waals surface area contributed by atoms with E-state index >= 15 is 0 Å². The first kappa shape index (κ1) is 11.9. The summed E-state index contributed by atoms with van der Waals surface area (Å²) in [7, 11) is 0. The fraction of sp³-hybridized carbons (Fsp3) is 0.462. The molecule has 1 aliphatic carbocycles. The molecule has 2 rings (SSSR count). The number of nitrogens with two attached hydrogens (primary N) is 1. The average Bonchev–Trinajstić information content (AvgIpc) is 2.33. The van der Waals surface area contributed by atoms with E-state index in [1.54, 1.807) is 12.1 Å². The molecule has 0 bridgehead atoms. The van der Waals surface area contributed by atoms with Crippen LogP contribution in [0.1, 0.15) is 25.7 Å². The number of rotatable bonds is 2. The van der Waals surface area contributed by atoms with Crippen LogP contribution in [0.5, 0.6) is 5.75 Å². The van der Waals surface area contributed by atoms with Crippen LogP contribution in [0.15, 0.2) is 30.3 Å². The van der Waals surface area contributed by atoms with E-state index in [1.807, 2.05) is 18.2 Å². The summed E-state index contributed by atoms with van der Waals surface area (Å²) in [5.74, 6) is 0.505. The maximum absolute atomic E-state index is 11.5. The van der Waals surface area contributed by atoms with Crippen molar-refractivity contribution in [3.8, 4) is 5.75 Å². The molecule has 0 heterocycles. The molecule has 2 N–H and O–H groups in total. The standard InChI is InChI=1S/C13H17NO3/c14-10-6-8-12(9-7-10)17-13(15)16-11-4-2-1-3-5-11/h1-5,10,12H,6-9,14H2. The lowest BCUT2D eigenvalue weighted by molar-refractivity contribution is 0.0392. The minimum Gasteiger partial charge on any atom is -0.431 e. The minimum absolute atomic E-state index is 0.0500. The highest BCUT2D eigenvalue weighted by molar-refractivity contribution is 5.63. The van der Waals surface area contributed by atoms with Crippen molar-refractivity contribution in [2.75, 3.05) is 0 Å². The first-order chi connectivity index (χ1) is 8.24. The fourth-order valence-electron chi connectivity index (χ4n) is 1.95. The van der Waals surface area contributed by atoms with Gasteiger partial charge in [0.2, 0.25) is 0 Å². The Morgan fingerprint density at radius 2 is 1.76 bits per heavy atom. The van der Waals surface area contributed by atoms with Gasteiger partial charge in [-0.15, -0.1) is 0 Å². The Balaban J connectivity index is 1.78. The van der Waals surface area contributed by atoms with Gasteiger partial charge in [0.1, 0.15) is 11.9 Å². The summed E-state index contributed by atoms with van der Waals surface area (Å²) in [5.41, 5.74) is 5.78. The van der Waals surface area contributed by atoms with Crippen LogP contribution < -0.4 is 10.5 Å². The van der Waals surface area contributed by atoms with Crippen LogP contribution in [0, 0.1) is 0 Å². The lowest BCUT2D eigenvalue weighted by Crippen LogP contribution is -2.32. The monoisotopic (exact) mass is 235 g/mol. The van der Waals surface area contributed by atoms with E-state index < -0.39 is 6.16 Å². The van der Waals surface area contributed by atoms with Gasteiger partial charge < -0.3 is 15.2 Å². The molecule has 1 aromatic rings. The third-order valence-corrected chi connectivity index (χ3v) is 2.93. The van der Waals surface area contributed by atoms with Crippen molar-refractivity contribution in [2.45, 2.75) is 37.8 Å². The van der Waals surface area contributed by atoms with Gasteiger partial charge in [-0.3, -0.25) is 0 Å². The topological polar surface area (TPSA) is 61.5 Å². The molecule has 4 heteroatoms. The van der Waals surface area contributed by atoms with Gasteiger partial charge >= 0.3 is 6.16 Å². The quantitative estimate of drug-likeness (QED) is 0.632. The fourth-order valence-corrected chi connectivity index (χ4v) is 1.95. The van der Waals surface area contributed by atoms with E-state index in [4.69, 9.17) is 15.2 Å². The predicted molar refractivity (Wildman–Crippen MR) is 63.8 cm³/mol. The van der Waals surface area contributed by atoms with Gasteiger partial charge in [0, 0.05) is 6.04 Å². The number of benzene rings is 1. The Hall–Kier alpha value is -1.55. The van der Waals surface area contributed by atoms with E-state index in [1.165, 1.54) is 0 Å². The zero-order chi connectivity index (χ0) is 12.1. The zero-order valence-corrected chi connectivity index (χ0v) is 9.67. The number of carbonyl (C=O) groups excluding carboxylic acids is 1. The van der Waals surface area contributed by atoms with Crippen molar-refractivity contribution in [2.24, 2.45) is 5.73 Å². The minimum atomic E-state index is -0.628. The Morgan fingerprint density at radius 3 is 2.41 bits per heavy atom. The van der Waals surface area contributed by atoms with Crippen LogP contribution in [0.25, 0.3) is 0 Å². The van der Waals surface area contributed by atoms with Gasteiger partial charge in [-0.25, -0.2) is 4.79 Å². The zero-order valence-electron chi connectivity index (χ0n) is 9.67. The molecule has 0 aromatic heterocycles. The number of ether oxygens (including phenoxy) is 2. The second-order valence-corrected chi connectivity index (χ2v) is 4.32. The lowest BCUT2D eigenvalue weighted by atomic mass is 9.94. The molecule has 0 atom stereocenters. The van der Waals surface area contributed by atoms with Gasteiger partial charge in [0.15, 0.2) is 0 Å². The molecule has 0 aliphatic heterocycles. The molecule has 92 valence electrons. The van der Waals surface area contributed by atoms with Crippen molar-refractivity contribution in [3.63, 3.8) is 0 Å². The van der Waals surface area contributed by atoms with Crippen LogP contribution >= 0.6 is 0 Å². The Labute approximate surface area is 101 Å². The van der Waals surface area contributed by atoms with E-state index in [0.29, 0.717) is 5.75 Å². The molecule has 0 amide bonds. The van der Waals surface area contributed by atoms with Crippen LogP contribution in [0.3, 0.4) is 0 Å². The molecule has 0 saturated heterocycles. The van der Waals surface area contributed by atoms with Gasteiger partial charge in [0.25, 0.3) is 0 Å². The third kappa shape index (κ3) is 3.75. The van der Waals surface area contributed by atoms with E-state index in [2.05, 4.69) is 0 Å². The summed E-state index contributed by atoms with van der Waals surface area (Å²) in [5, 5.41) is 0. The molecular formula is C13H17NO3. The highest BCUT2D eigenvalue weighted by Crippen LogP contribution is 2.20. The molecule has 1 fully saturated rings. The third-order valence-electron chi connectivity index (χ3n) is 2.93. The summed E-state index contributed by atoms with van der Waals surface area (Å²) >= 11 is 0. The van der Waals surface area contributed by atoms with Crippen molar-refractivity contribution in [1.82, 2.24) is 0 Å². The smallest absolute Gasteiger partial charge is 0.431 e. The molecule has 0 unspecified atom stereocenters. The maximum atomic E-state index is 11.5. The number of carbonyl (C=O) groups is 1. The van der Waals surface area contributed by atoms with Crippen LogP contribution in [-0.4, -0.2) is 18.3 Å². The molecule has 1 aromatic carbocycles. The average molecular weight is 235 g/mol. The van der Waals surface area contributed by atoms with E-state index in [-0.39, 0.29) is 12.1 Å². The molecule has 0 radical (unpaired) electrons. The van der Waals surface area contributed by atoms with Gasteiger partial charge in [-0.1, -0.05) is 18.2 Å². The SMILES string of the molecule is NC1CCC(OC(=O)Oc2ccccc2)CC1. The first-order valence-electron chi connectivity index (χ1n) is 5.93. The molecule has 1 saturated carbocycles. The molecule has 0 spiro atoms. The first-order valence-corrected chi connectivity index (χ1v) is 5.93. The van der Waals surface area contributed by atoms with Gasteiger partial charge in [0.05, 0.1) is 0 Å². The normalized spacial score (nSPS) is 24.1. The van der Waals surface area contributed by atoms with E-state index in [9.17, 15) is 4.79 Å². The highest BCUT2D eigenvalue weighted by atomic mass is 16.7. The van der Waals surface area contributed by atoms with E-state index in [0.717, 1.165) is 25.7 Å². The summed E-state index contributed by atoms with van der Waals surface area (Å²) < 4.78 is 10.3. The molecule has 17 heavy (non-hydrogen) atoms. The number of hydrogen-bond donors (Lipinski definition) is 1. The van der Waals surface area contributed by atoms with Gasteiger partial charge in [-0.05, 0) is 37.8 Å². The second-order valence-electron chi connectivity index (χ2n) is 4.32. The highest BCUT2D eigenvalue weighted by Gasteiger charge is 2.22. The van der Waals surface area contributed by atoms with Crippen LogP contribution in [-0.2, 0) is 4.74 Å². The summed E-state index contributed by atoms with van der Waals surface area (Å²) in [6.45, 7) is 0. The van der Waals surface area contributed by atoms with Crippen molar-refractivity contribution >= 4 is 6.16 Å². The van der Waals surface area contributed by atoms with Crippen molar-refractivity contribution < 1.29 is 14.3 Å². The largest absolute Gasteiger partial charge is 0.514 e. The Morgan fingerprint density at radius 1 is 1.12 bits per heavy atom. The summed E-state index contributed by atoms with van der Waals surface area (Å²) in [6, 6.07) is 9.17. The lowest BCUT2D eigenvalue weighted by Gasteiger charge is -2.25. The number of hydrogen-bond acceptors (Lipinski definition) is 4. The Kier molecular flexibility index (Phi) is 3.98. The van der Waals surface area contributed by atoms with Crippen LogP contribution in [0.2, 0.25) is 0 Å².